The van der Waals surface area contributed by atoms with Crippen LogP contribution in [-0.2, 0) is 11.2 Å². The first-order valence-electron chi connectivity index (χ1n) is 4.91. The number of nitrogens with one attached hydrogen (secondary N) is 2. The number of hydrogen-bond acceptors (Lipinski definition) is 2. The summed E-state index contributed by atoms with van der Waals surface area (Å²) >= 11 is 0. The number of amides is 2. The minimum Gasteiger partial charge on any atom is -0.481 e. The maximum absolute atomic E-state index is 11.3. The van der Waals surface area contributed by atoms with Gasteiger partial charge in [0.2, 0.25) is 0 Å². The average molecular weight is 232 g/mol. The number of carbonyl (C=O) groups is 2. The molecule has 0 aliphatic heterocycles. The SMILES string of the molecule is C#CCNC(=O)Nc1cccc(CC(=O)O)c1. The molecule has 0 saturated heterocycles. The molecule has 0 aliphatic rings. The van der Waals surface area contributed by atoms with E-state index >= 15 is 0 Å². The summed E-state index contributed by atoms with van der Waals surface area (Å²) in [4.78, 5) is 21.8. The van der Waals surface area contributed by atoms with Crippen molar-refractivity contribution in [3.8, 4) is 12.3 Å². The zero-order valence-corrected chi connectivity index (χ0v) is 9.06. The molecule has 0 unspecified atom stereocenters. The van der Waals surface area contributed by atoms with Crippen LogP contribution in [0.5, 0.6) is 0 Å². The molecule has 0 spiro atoms. The van der Waals surface area contributed by atoms with Crippen LogP contribution < -0.4 is 10.6 Å². The summed E-state index contributed by atoms with van der Waals surface area (Å²) in [5, 5.41) is 13.6. The number of rotatable bonds is 4. The quantitative estimate of drug-likeness (QED) is 0.679. The van der Waals surface area contributed by atoms with Gasteiger partial charge < -0.3 is 15.7 Å². The molecule has 1 rings (SSSR count). The summed E-state index contributed by atoms with van der Waals surface area (Å²) in [6, 6.07) is 6.20. The Morgan fingerprint density at radius 3 is 2.82 bits per heavy atom. The molecule has 0 atom stereocenters. The van der Waals surface area contributed by atoms with Crippen molar-refractivity contribution >= 4 is 17.7 Å². The summed E-state index contributed by atoms with van der Waals surface area (Å²) < 4.78 is 0. The van der Waals surface area contributed by atoms with Gasteiger partial charge in [0.05, 0.1) is 13.0 Å². The predicted molar refractivity (Wildman–Crippen MR) is 63.6 cm³/mol. The van der Waals surface area contributed by atoms with Gasteiger partial charge in [-0.3, -0.25) is 4.79 Å². The fraction of sp³-hybridized carbons (Fsp3) is 0.167. The molecule has 0 fully saturated rings. The molecule has 0 aliphatic carbocycles. The van der Waals surface area contributed by atoms with Crippen LogP contribution in [0.15, 0.2) is 24.3 Å². The highest BCUT2D eigenvalue weighted by Crippen LogP contribution is 2.10. The lowest BCUT2D eigenvalue weighted by molar-refractivity contribution is -0.136. The summed E-state index contributed by atoms with van der Waals surface area (Å²) in [7, 11) is 0. The summed E-state index contributed by atoms with van der Waals surface area (Å²) in [5.74, 6) is 1.35. The molecule has 5 nitrogen and oxygen atoms in total. The fourth-order valence-corrected chi connectivity index (χ4v) is 1.24. The molecule has 1 aromatic rings. The van der Waals surface area contributed by atoms with Crippen molar-refractivity contribution in [3.63, 3.8) is 0 Å². The molecule has 0 heterocycles. The van der Waals surface area contributed by atoms with Gasteiger partial charge in [-0.05, 0) is 17.7 Å². The Balaban J connectivity index is 2.62. The van der Waals surface area contributed by atoms with E-state index in [1.165, 1.54) is 0 Å². The van der Waals surface area contributed by atoms with Crippen molar-refractivity contribution in [3.05, 3.63) is 29.8 Å². The molecule has 0 saturated carbocycles. The zero-order chi connectivity index (χ0) is 12.7. The molecule has 0 radical (unpaired) electrons. The van der Waals surface area contributed by atoms with E-state index in [4.69, 9.17) is 11.5 Å². The minimum absolute atomic E-state index is 0.0819. The van der Waals surface area contributed by atoms with Crippen molar-refractivity contribution in [2.45, 2.75) is 6.42 Å². The van der Waals surface area contributed by atoms with E-state index in [1.807, 2.05) is 0 Å². The molecule has 0 aromatic heterocycles. The third-order valence-corrected chi connectivity index (χ3v) is 1.89. The Hall–Kier alpha value is -2.48. The van der Waals surface area contributed by atoms with Crippen molar-refractivity contribution in [1.82, 2.24) is 5.32 Å². The molecular weight excluding hydrogens is 220 g/mol. The third kappa shape index (κ3) is 4.71. The van der Waals surface area contributed by atoms with Crippen LogP contribution in [0.1, 0.15) is 5.56 Å². The second-order valence-corrected chi connectivity index (χ2v) is 3.28. The van der Waals surface area contributed by atoms with Gasteiger partial charge in [-0.25, -0.2) is 4.79 Å². The van der Waals surface area contributed by atoms with Gasteiger partial charge in [0, 0.05) is 5.69 Å². The smallest absolute Gasteiger partial charge is 0.319 e. The van der Waals surface area contributed by atoms with Gasteiger partial charge in [0.25, 0.3) is 0 Å². The first-order chi connectivity index (χ1) is 8.11. The summed E-state index contributed by atoms with van der Waals surface area (Å²) in [6.45, 7) is 0.140. The van der Waals surface area contributed by atoms with Gasteiger partial charge >= 0.3 is 12.0 Å². The Labute approximate surface area is 98.8 Å². The van der Waals surface area contributed by atoms with Crippen LogP contribution in [0.25, 0.3) is 0 Å². The lowest BCUT2D eigenvalue weighted by Gasteiger charge is -2.06. The number of carbonyl (C=O) groups excluding carboxylic acids is 1. The number of urea groups is 1. The van der Waals surface area contributed by atoms with Crippen LogP contribution in [0.4, 0.5) is 10.5 Å². The van der Waals surface area contributed by atoms with E-state index in [1.54, 1.807) is 24.3 Å². The largest absolute Gasteiger partial charge is 0.481 e. The van der Waals surface area contributed by atoms with Gasteiger partial charge in [-0.15, -0.1) is 6.42 Å². The topological polar surface area (TPSA) is 78.4 Å². The van der Waals surface area contributed by atoms with E-state index in [9.17, 15) is 9.59 Å². The molecular formula is C12H12N2O3. The lowest BCUT2D eigenvalue weighted by Crippen LogP contribution is -2.28. The Morgan fingerprint density at radius 2 is 2.18 bits per heavy atom. The highest BCUT2D eigenvalue weighted by atomic mass is 16.4. The molecule has 88 valence electrons. The minimum atomic E-state index is -0.918. The first-order valence-corrected chi connectivity index (χ1v) is 4.91. The van der Waals surface area contributed by atoms with Gasteiger partial charge in [-0.2, -0.15) is 0 Å². The average Bonchev–Trinajstić information content (AvgIpc) is 2.26. The van der Waals surface area contributed by atoms with Crippen LogP contribution in [0.2, 0.25) is 0 Å². The number of anilines is 1. The lowest BCUT2D eigenvalue weighted by atomic mass is 10.1. The van der Waals surface area contributed by atoms with E-state index in [0.29, 0.717) is 11.3 Å². The summed E-state index contributed by atoms with van der Waals surface area (Å²) in [5.41, 5.74) is 1.14. The maximum atomic E-state index is 11.3. The van der Waals surface area contributed by atoms with E-state index in [2.05, 4.69) is 16.6 Å². The number of carboxylic acid groups (broad SMARTS) is 1. The zero-order valence-electron chi connectivity index (χ0n) is 9.06. The summed E-state index contributed by atoms with van der Waals surface area (Å²) in [6.07, 6.45) is 4.91. The van der Waals surface area contributed by atoms with Gasteiger partial charge in [0.15, 0.2) is 0 Å². The third-order valence-electron chi connectivity index (χ3n) is 1.89. The number of hydrogen-bond donors (Lipinski definition) is 3. The van der Waals surface area contributed by atoms with E-state index in [-0.39, 0.29) is 13.0 Å². The number of aliphatic carboxylic acids is 1. The Morgan fingerprint density at radius 1 is 1.41 bits per heavy atom. The predicted octanol–water partition coefficient (Wildman–Crippen LogP) is 1.07. The number of benzene rings is 1. The standard InChI is InChI=1S/C12H12N2O3/c1-2-6-13-12(17)14-10-5-3-4-9(7-10)8-11(15)16/h1,3-5,7H,6,8H2,(H,15,16)(H2,13,14,17). The molecule has 3 N–H and O–H groups in total. The molecule has 0 bridgehead atoms. The van der Waals surface area contributed by atoms with Crippen LogP contribution in [0.3, 0.4) is 0 Å². The highest BCUT2D eigenvalue weighted by molar-refractivity contribution is 5.89. The monoisotopic (exact) mass is 232 g/mol. The van der Waals surface area contributed by atoms with Crippen molar-refractivity contribution in [2.75, 3.05) is 11.9 Å². The first kappa shape index (κ1) is 12.6. The molecule has 1 aromatic carbocycles. The van der Waals surface area contributed by atoms with Crippen molar-refractivity contribution < 1.29 is 14.7 Å². The van der Waals surface area contributed by atoms with Crippen LogP contribution in [-0.4, -0.2) is 23.7 Å². The fourth-order valence-electron chi connectivity index (χ4n) is 1.24. The highest BCUT2D eigenvalue weighted by Gasteiger charge is 2.03. The van der Waals surface area contributed by atoms with Crippen molar-refractivity contribution in [1.29, 1.82) is 0 Å². The van der Waals surface area contributed by atoms with Crippen molar-refractivity contribution in [2.24, 2.45) is 0 Å². The van der Waals surface area contributed by atoms with Gasteiger partial charge in [0.1, 0.15) is 0 Å². The number of carboxylic acids is 1. The van der Waals surface area contributed by atoms with Gasteiger partial charge in [-0.1, -0.05) is 18.1 Å². The molecule has 5 heteroatoms. The van der Waals surface area contributed by atoms with Crippen LogP contribution in [0, 0.1) is 12.3 Å². The second kappa shape index (κ2) is 6.18. The van der Waals surface area contributed by atoms with Crippen LogP contribution >= 0.6 is 0 Å². The molecule has 2 amide bonds. The Bertz CT molecular complexity index is 463. The normalized spacial score (nSPS) is 9.12. The van der Waals surface area contributed by atoms with E-state index in [0.717, 1.165) is 0 Å². The van der Waals surface area contributed by atoms with E-state index < -0.39 is 12.0 Å². The number of terminal acetylenes is 1. The maximum Gasteiger partial charge on any atom is 0.319 e. The Kier molecular flexibility index (Phi) is 4.58. The molecule has 17 heavy (non-hydrogen) atoms. The second-order valence-electron chi connectivity index (χ2n) is 3.28.